The third-order valence-electron chi connectivity index (χ3n) is 5.59. The molecule has 3 aromatic carbocycles. The van der Waals surface area contributed by atoms with Gasteiger partial charge in [-0.15, -0.1) is 0 Å². The highest BCUT2D eigenvalue weighted by Gasteiger charge is 2.12. The number of imidazole rings is 1. The normalized spacial score (nSPS) is 12.3. The van der Waals surface area contributed by atoms with E-state index in [1.807, 2.05) is 12.5 Å². The maximum Gasteiger partial charge on any atom is 0.0953 e. The number of rotatable bonds is 8. The zero-order chi connectivity index (χ0) is 20.6. The van der Waals surface area contributed by atoms with Crippen LogP contribution in [0.25, 0.3) is 6.08 Å². The zero-order valence-corrected chi connectivity index (χ0v) is 17.5. The van der Waals surface area contributed by atoms with Crippen LogP contribution in [-0.2, 0) is 13.0 Å². The van der Waals surface area contributed by atoms with E-state index in [0.717, 1.165) is 25.1 Å². The van der Waals surface area contributed by atoms with E-state index in [2.05, 4.69) is 114 Å². The molecule has 150 valence electrons. The topological polar surface area (TPSA) is 17.8 Å². The van der Waals surface area contributed by atoms with Gasteiger partial charge in [-0.05, 0) is 41.2 Å². The molecular weight excluding hydrogens is 364 g/mol. The van der Waals surface area contributed by atoms with Crippen LogP contribution >= 0.6 is 0 Å². The summed E-state index contributed by atoms with van der Waals surface area (Å²) in [5, 5.41) is 0. The fraction of sp³-hybridized carbons (Fsp3) is 0.179. The van der Waals surface area contributed by atoms with Crippen molar-refractivity contribution in [1.82, 2.24) is 9.55 Å². The monoisotopic (exact) mass is 392 g/mol. The Bertz CT molecular complexity index is 1060. The molecule has 1 unspecified atom stereocenters. The molecule has 0 aliphatic heterocycles. The van der Waals surface area contributed by atoms with Gasteiger partial charge in [-0.2, -0.15) is 0 Å². The minimum absolute atomic E-state index is 0.346. The van der Waals surface area contributed by atoms with E-state index in [9.17, 15) is 0 Å². The van der Waals surface area contributed by atoms with Gasteiger partial charge in [0.15, 0.2) is 0 Å². The van der Waals surface area contributed by atoms with Crippen molar-refractivity contribution < 1.29 is 0 Å². The molecule has 2 heteroatoms. The predicted octanol–water partition coefficient (Wildman–Crippen LogP) is 6.73. The van der Waals surface area contributed by atoms with Crippen LogP contribution < -0.4 is 0 Å². The van der Waals surface area contributed by atoms with E-state index in [-0.39, 0.29) is 0 Å². The predicted molar refractivity (Wildman–Crippen MR) is 126 cm³/mol. The van der Waals surface area contributed by atoms with Crippen molar-refractivity contribution in [2.75, 3.05) is 0 Å². The molecule has 0 radical (unpaired) electrons. The average Bonchev–Trinajstić information content (AvgIpc) is 3.25. The Morgan fingerprint density at radius 1 is 0.800 bits per heavy atom. The van der Waals surface area contributed by atoms with Gasteiger partial charge in [-0.25, -0.2) is 4.98 Å². The number of aromatic nitrogens is 2. The third kappa shape index (κ3) is 4.96. The Hall–Kier alpha value is -3.39. The molecule has 0 aliphatic carbocycles. The second-order valence-corrected chi connectivity index (χ2v) is 7.63. The lowest BCUT2D eigenvalue weighted by Crippen LogP contribution is -2.01. The Kier molecular flexibility index (Phi) is 6.56. The van der Waals surface area contributed by atoms with Gasteiger partial charge in [0.25, 0.3) is 0 Å². The van der Waals surface area contributed by atoms with Crippen LogP contribution in [0.2, 0.25) is 0 Å². The molecular formula is C28H28N2. The summed E-state index contributed by atoms with van der Waals surface area (Å²) in [6.07, 6.45) is 10.3. The number of benzene rings is 3. The molecule has 0 aliphatic rings. The Morgan fingerprint density at radius 3 is 2.17 bits per heavy atom. The van der Waals surface area contributed by atoms with E-state index >= 15 is 0 Å². The average molecular weight is 393 g/mol. The first-order valence-corrected chi connectivity index (χ1v) is 10.7. The van der Waals surface area contributed by atoms with Crippen molar-refractivity contribution in [2.24, 2.45) is 0 Å². The maximum absolute atomic E-state index is 4.36. The van der Waals surface area contributed by atoms with Crippen molar-refractivity contribution in [3.63, 3.8) is 0 Å². The first-order chi connectivity index (χ1) is 14.8. The minimum Gasteiger partial charge on any atom is -0.327 e. The maximum atomic E-state index is 4.36. The molecule has 0 saturated heterocycles. The largest absolute Gasteiger partial charge is 0.327 e. The highest BCUT2D eigenvalue weighted by Crippen LogP contribution is 2.29. The quantitative estimate of drug-likeness (QED) is 0.325. The molecule has 2 nitrogen and oxygen atoms in total. The molecule has 1 heterocycles. The van der Waals surface area contributed by atoms with Gasteiger partial charge in [0.2, 0.25) is 0 Å². The summed E-state index contributed by atoms with van der Waals surface area (Å²) in [6.45, 7) is 3.03. The van der Waals surface area contributed by atoms with E-state index in [0.29, 0.717) is 5.92 Å². The molecule has 0 saturated carbocycles. The summed E-state index contributed by atoms with van der Waals surface area (Å²) in [6, 6.07) is 30.4. The van der Waals surface area contributed by atoms with Crippen LogP contribution in [0.15, 0.2) is 104 Å². The lowest BCUT2D eigenvalue weighted by atomic mass is 9.88. The molecule has 0 spiro atoms. The van der Waals surface area contributed by atoms with Gasteiger partial charge in [0.1, 0.15) is 0 Å². The molecule has 1 aromatic heterocycles. The van der Waals surface area contributed by atoms with Crippen LogP contribution in [0, 0.1) is 0 Å². The molecule has 0 amide bonds. The zero-order valence-electron chi connectivity index (χ0n) is 17.5. The highest BCUT2D eigenvalue weighted by atomic mass is 15.0. The summed E-state index contributed by atoms with van der Waals surface area (Å²) < 4.78 is 2.19. The number of nitrogens with zero attached hydrogens (tertiary/aromatic N) is 2. The second kappa shape index (κ2) is 9.89. The summed E-state index contributed by atoms with van der Waals surface area (Å²) in [7, 11) is 0. The van der Waals surface area contributed by atoms with Crippen molar-refractivity contribution in [3.8, 4) is 0 Å². The van der Waals surface area contributed by atoms with E-state index in [1.165, 1.54) is 22.3 Å². The van der Waals surface area contributed by atoms with Gasteiger partial charge < -0.3 is 4.57 Å². The fourth-order valence-electron chi connectivity index (χ4n) is 3.84. The summed E-state index contributed by atoms with van der Waals surface area (Å²) >= 11 is 0. The Labute approximate surface area is 179 Å². The molecule has 1 atom stereocenters. The van der Waals surface area contributed by atoms with Gasteiger partial charge >= 0.3 is 0 Å². The fourth-order valence-corrected chi connectivity index (χ4v) is 3.84. The highest BCUT2D eigenvalue weighted by molar-refractivity contribution is 5.45. The molecule has 0 N–H and O–H groups in total. The standard InChI is InChI=1S/C28H28N2/c1-2-23-16-18-26(19-17-23)28(25-12-7-4-8-13-25)15-9-14-27-20-29-22-30(27)21-24-10-5-3-6-11-24/h3-14,16-20,22,28H,2,15,21H2,1H3/b14-9+. The van der Waals surface area contributed by atoms with Crippen LogP contribution in [0.3, 0.4) is 0 Å². The number of aryl methyl sites for hydroxylation is 1. The third-order valence-corrected chi connectivity index (χ3v) is 5.59. The van der Waals surface area contributed by atoms with Gasteiger partial charge in [-0.1, -0.05) is 97.9 Å². The van der Waals surface area contributed by atoms with Gasteiger partial charge in [0.05, 0.1) is 18.2 Å². The number of hydrogen-bond donors (Lipinski definition) is 0. The molecule has 0 fully saturated rings. The summed E-state index contributed by atoms with van der Waals surface area (Å²) in [5.41, 5.74) is 6.51. The van der Waals surface area contributed by atoms with Gasteiger partial charge in [0, 0.05) is 12.5 Å². The smallest absolute Gasteiger partial charge is 0.0953 e. The van der Waals surface area contributed by atoms with E-state index in [4.69, 9.17) is 0 Å². The second-order valence-electron chi connectivity index (χ2n) is 7.63. The van der Waals surface area contributed by atoms with Crippen molar-refractivity contribution >= 4 is 6.08 Å². The minimum atomic E-state index is 0.346. The lowest BCUT2D eigenvalue weighted by molar-refractivity contribution is 0.787. The summed E-state index contributed by atoms with van der Waals surface area (Å²) in [5.74, 6) is 0.346. The van der Waals surface area contributed by atoms with E-state index < -0.39 is 0 Å². The van der Waals surface area contributed by atoms with Crippen molar-refractivity contribution in [2.45, 2.75) is 32.2 Å². The SMILES string of the molecule is CCc1ccc(C(C/C=C/c2cncn2Cc2ccccc2)c2ccccc2)cc1. The van der Waals surface area contributed by atoms with Crippen molar-refractivity contribution in [3.05, 3.63) is 131 Å². The molecule has 0 bridgehead atoms. The van der Waals surface area contributed by atoms with Crippen LogP contribution in [0.1, 0.15) is 47.2 Å². The number of hydrogen-bond acceptors (Lipinski definition) is 1. The van der Waals surface area contributed by atoms with Crippen LogP contribution in [0.5, 0.6) is 0 Å². The first-order valence-electron chi connectivity index (χ1n) is 10.7. The van der Waals surface area contributed by atoms with Crippen molar-refractivity contribution in [1.29, 1.82) is 0 Å². The van der Waals surface area contributed by atoms with Gasteiger partial charge in [-0.3, -0.25) is 0 Å². The summed E-state index contributed by atoms with van der Waals surface area (Å²) in [4.78, 5) is 4.36. The van der Waals surface area contributed by atoms with E-state index in [1.54, 1.807) is 0 Å². The molecule has 4 aromatic rings. The molecule has 30 heavy (non-hydrogen) atoms. The first kappa shape index (κ1) is 19.9. The van der Waals surface area contributed by atoms with Crippen LogP contribution in [0.4, 0.5) is 0 Å². The van der Waals surface area contributed by atoms with Crippen LogP contribution in [-0.4, -0.2) is 9.55 Å². The number of allylic oxidation sites excluding steroid dienone is 1. The Balaban J connectivity index is 1.53. The lowest BCUT2D eigenvalue weighted by Gasteiger charge is -2.17. The molecule has 4 rings (SSSR count). The Morgan fingerprint density at radius 2 is 1.47 bits per heavy atom.